The molecule has 0 radical (unpaired) electrons. The summed E-state index contributed by atoms with van der Waals surface area (Å²) in [5.41, 5.74) is 1.22. The highest BCUT2D eigenvalue weighted by atomic mass is 127. The first-order chi connectivity index (χ1) is 9.16. The molecule has 0 atom stereocenters. The van der Waals surface area contributed by atoms with Crippen LogP contribution >= 0.6 is 33.9 Å². The van der Waals surface area contributed by atoms with E-state index in [2.05, 4.69) is 0 Å². The maximum Gasteiger partial charge on any atom is 0.195 e. The first-order valence-corrected chi connectivity index (χ1v) is 7.58. The van der Waals surface area contributed by atoms with Crippen LogP contribution in [-0.4, -0.2) is 5.78 Å². The minimum absolute atomic E-state index is 0.0579. The van der Waals surface area contributed by atoms with Crippen molar-refractivity contribution in [2.75, 3.05) is 0 Å². The average Bonchev–Trinajstić information content (AvgIpc) is 2.86. The molecule has 1 aromatic heterocycles. The molecule has 0 saturated carbocycles. The van der Waals surface area contributed by atoms with E-state index in [1.165, 1.54) is 12.1 Å². The third-order valence-electron chi connectivity index (χ3n) is 2.90. The number of rotatable bonds is 2. The fourth-order valence-corrected chi connectivity index (χ4v) is 3.62. The molecule has 4 heteroatoms. The van der Waals surface area contributed by atoms with Gasteiger partial charge in [-0.2, -0.15) is 0 Å². The van der Waals surface area contributed by atoms with Crippen molar-refractivity contribution >= 4 is 49.8 Å². The minimum atomic E-state index is -0.324. The Balaban J connectivity index is 2.16. The molecule has 0 amide bonds. The number of hydrogen-bond donors (Lipinski definition) is 0. The van der Waals surface area contributed by atoms with Crippen LogP contribution in [0.1, 0.15) is 15.9 Å². The van der Waals surface area contributed by atoms with E-state index in [1.807, 2.05) is 52.2 Å². The highest BCUT2D eigenvalue weighted by molar-refractivity contribution is 14.1. The molecule has 0 aliphatic heterocycles. The molecule has 0 aliphatic rings. The lowest BCUT2D eigenvalue weighted by atomic mass is 10.0. The van der Waals surface area contributed by atoms with Crippen LogP contribution in [0.5, 0.6) is 0 Å². The number of carbonyl (C=O) groups excluding carboxylic acids is 1. The van der Waals surface area contributed by atoms with Crippen LogP contribution in [0.4, 0.5) is 4.39 Å². The standard InChI is InChI=1S/C15H8FIOS/c16-10-4-5-11(13(17)8-10)14(18)12-3-1-2-9-6-7-19-15(9)12/h1-8H. The quantitative estimate of drug-likeness (QED) is 0.456. The van der Waals surface area contributed by atoms with E-state index in [4.69, 9.17) is 0 Å². The largest absolute Gasteiger partial charge is 0.289 e. The smallest absolute Gasteiger partial charge is 0.195 e. The summed E-state index contributed by atoms with van der Waals surface area (Å²) in [6, 6.07) is 11.9. The molecule has 19 heavy (non-hydrogen) atoms. The molecule has 1 nitrogen and oxygen atoms in total. The summed E-state index contributed by atoms with van der Waals surface area (Å²) >= 11 is 3.54. The molecule has 0 bridgehead atoms. The number of benzene rings is 2. The Morgan fingerprint density at radius 3 is 2.74 bits per heavy atom. The lowest BCUT2D eigenvalue weighted by Crippen LogP contribution is -2.04. The summed E-state index contributed by atoms with van der Waals surface area (Å²) in [5, 5.41) is 3.03. The molecule has 1 heterocycles. The fourth-order valence-electron chi connectivity index (χ4n) is 1.99. The first kappa shape index (κ1) is 12.7. The van der Waals surface area contributed by atoms with Crippen molar-refractivity contribution in [3.63, 3.8) is 0 Å². The van der Waals surface area contributed by atoms with E-state index in [-0.39, 0.29) is 11.6 Å². The van der Waals surface area contributed by atoms with Crippen molar-refractivity contribution < 1.29 is 9.18 Å². The zero-order valence-electron chi connectivity index (χ0n) is 9.69. The zero-order valence-corrected chi connectivity index (χ0v) is 12.7. The van der Waals surface area contributed by atoms with E-state index in [1.54, 1.807) is 17.4 Å². The van der Waals surface area contributed by atoms with Crippen molar-refractivity contribution in [2.45, 2.75) is 0 Å². The first-order valence-electron chi connectivity index (χ1n) is 5.63. The fraction of sp³-hybridized carbons (Fsp3) is 0. The summed E-state index contributed by atoms with van der Waals surface area (Å²) in [7, 11) is 0. The van der Waals surface area contributed by atoms with Gasteiger partial charge >= 0.3 is 0 Å². The van der Waals surface area contributed by atoms with E-state index in [0.29, 0.717) is 14.7 Å². The van der Waals surface area contributed by atoms with Gasteiger partial charge in [0.2, 0.25) is 0 Å². The van der Waals surface area contributed by atoms with E-state index >= 15 is 0 Å². The second-order valence-electron chi connectivity index (χ2n) is 4.10. The number of hydrogen-bond acceptors (Lipinski definition) is 2. The SMILES string of the molecule is O=C(c1ccc(F)cc1I)c1cccc2ccsc12. The Kier molecular flexibility index (Phi) is 3.36. The normalized spacial score (nSPS) is 10.8. The summed E-state index contributed by atoms with van der Waals surface area (Å²) < 4.78 is 14.7. The molecule has 0 fully saturated rings. The molecule has 94 valence electrons. The molecular weight excluding hydrogens is 374 g/mol. The average molecular weight is 382 g/mol. The number of fused-ring (bicyclic) bond motifs is 1. The van der Waals surface area contributed by atoms with Gasteiger partial charge in [-0.1, -0.05) is 12.1 Å². The predicted molar refractivity (Wildman–Crippen MR) is 84.4 cm³/mol. The molecule has 0 spiro atoms. The third kappa shape index (κ3) is 2.30. The van der Waals surface area contributed by atoms with Crippen molar-refractivity contribution in [1.82, 2.24) is 0 Å². The lowest BCUT2D eigenvalue weighted by molar-refractivity contribution is 0.103. The predicted octanol–water partition coefficient (Wildman–Crippen LogP) is 4.88. The van der Waals surface area contributed by atoms with Gasteiger partial charge in [-0.25, -0.2) is 4.39 Å². The van der Waals surface area contributed by atoms with Crippen LogP contribution in [0, 0.1) is 9.39 Å². The number of thiophene rings is 1. The van der Waals surface area contributed by atoms with Crippen LogP contribution in [-0.2, 0) is 0 Å². The Morgan fingerprint density at radius 2 is 1.95 bits per heavy atom. The van der Waals surface area contributed by atoms with Crippen molar-refractivity contribution in [2.24, 2.45) is 0 Å². The zero-order chi connectivity index (χ0) is 13.4. The Hall–Kier alpha value is -1.27. The van der Waals surface area contributed by atoms with Crippen LogP contribution in [0.15, 0.2) is 47.8 Å². The number of carbonyl (C=O) groups is 1. The molecule has 3 rings (SSSR count). The highest BCUT2D eigenvalue weighted by Crippen LogP contribution is 2.27. The molecule has 3 aromatic rings. The van der Waals surface area contributed by atoms with Gasteiger partial charge in [0.1, 0.15) is 5.82 Å². The maximum absolute atomic E-state index is 13.1. The third-order valence-corrected chi connectivity index (χ3v) is 4.76. The molecule has 0 N–H and O–H groups in total. The summed E-state index contributed by atoms with van der Waals surface area (Å²) in [6.07, 6.45) is 0. The summed E-state index contributed by atoms with van der Waals surface area (Å²) in [5.74, 6) is -0.382. The Bertz CT molecular complexity index is 779. The summed E-state index contributed by atoms with van der Waals surface area (Å²) in [6.45, 7) is 0. The van der Waals surface area contributed by atoms with Gasteiger partial charge in [-0.3, -0.25) is 4.79 Å². The van der Waals surface area contributed by atoms with Gasteiger partial charge < -0.3 is 0 Å². The van der Waals surface area contributed by atoms with Crippen molar-refractivity contribution in [3.05, 3.63) is 68.4 Å². The second-order valence-corrected chi connectivity index (χ2v) is 6.18. The van der Waals surface area contributed by atoms with Crippen molar-refractivity contribution in [3.8, 4) is 0 Å². The van der Waals surface area contributed by atoms with Gasteiger partial charge in [0.15, 0.2) is 5.78 Å². The Morgan fingerprint density at radius 1 is 1.11 bits per heavy atom. The number of halogens is 2. The molecule has 0 aliphatic carbocycles. The van der Waals surface area contributed by atoms with Crippen molar-refractivity contribution in [1.29, 1.82) is 0 Å². The second kappa shape index (κ2) is 5.02. The van der Waals surface area contributed by atoms with E-state index in [9.17, 15) is 9.18 Å². The van der Waals surface area contributed by atoms with Gasteiger partial charge in [0.05, 0.1) is 0 Å². The van der Waals surface area contributed by atoms with Crippen LogP contribution in [0.25, 0.3) is 10.1 Å². The molecule has 2 aromatic carbocycles. The monoisotopic (exact) mass is 382 g/mol. The number of ketones is 1. The van der Waals surface area contributed by atoms with Crippen LogP contribution in [0.2, 0.25) is 0 Å². The minimum Gasteiger partial charge on any atom is -0.289 e. The molecule has 0 unspecified atom stereocenters. The van der Waals surface area contributed by atoms with Crippen LogP contribution in [0.3, 0.4) is 0 Å². The molecular formula is C15H8FIOS. The lowest BCUT2D eigenvalue weighted by Gasteiger charge is -2.05. The Labute approximate surface area is 127 Å². The van der Waals surface area contributed by atoms with Gasteiger partial charge in [-0.05, 0) is 63.7 Å². The van der Waals surface area contributed by atoms with Crippen LogP contribution < -0.4 is 0 Å². The highest BCUT2D eigenvalue weighted by Gasteiger charge is 2.16. The van der Waals surface area contributed by atoms with E-state index < -0.39 is 0 Å². The van der Waals surface area contributed by atoms with Gasteiger partial charge in [0, 0.05) is 19.4 Å². The van der Waals surface area contributed by atoms with Gasteiger partial charge in [0.25, 0.3) is 0 Å². The summed E-state index contributed by atoms with van der Waals surface area (Å²) in [4.78, 5) is 12.6. The van der Waals surface area contributed by atoms with E-state index in [0.717, 1.165) is 10.1 Å². The topological polar surface area (TPSA) is 17.1 Å². The maximum atomic E-state index is 13.1. The van der Waals surface area contributed by atoms with Gasteiger partial charge in [-0.15, -0.1) is 11.3 Å². The molecule has 0 saturated heterocycles.